The first-order valence-electron chi connectivity index (χ1n) is 4.70. The molecule has 6 heteroatoms. The van der Waals surface area contributed by atoms with Crippen molar-refractivity contribution in [2.75, 3.05) is 0 Å². The molecule has 3 nitrogen and oxygen atoms in total. The van der Waals surface area contributed by atoms with Crippen LogP contribution in [0.25, 0.3) is 0 Å². The van der Waals surface area contributed by atoms with Gasteiger partial charge in [-0.2, -0.15) is 18.3 Å². The minimum atomic E-state index is -4.46. The van der Waals surface area contributed by atoms with Gasteiger partial charge in [-0.25, -0.2) is 4.68 Å². The summed E-state index contributed by atoms with van der Waals surface area (Å²) < 4.78 is 38.3. The molecular formula is C11H7F3N2O. The van der Waals surface area contributed by atoms with Crippen LogP contribution in [0.5, 0.6) is 0 Å². The van der Waals surface area contributed by atoms with Gasteiger partial charge in [0.25, 0.3) is 5.91 Å². The summed E-state index contributed by atoms with van der Waals surface area (Å²) in [6, 6.07) is 5.76. The molecule has 0 spiro atoms. The molecule has 0 aliphatic rings. The highest BCUT2D eigenvalue weighted by Gasteiger charge is 2.30. The molecule has 88 valence electrons. The van der Waals surface area contributed by atoms with Crippen molar-refractivity contribution in [2.45, 2.75) is 6.18 Å². The molecule has 0 amide bonds. The number of benzene rings is 1. The molecule has 0 bridgehead atoms. The van der Waals surface area contributed by atoms with Gasteiger partial charge in [0.15, 0.2) is 0 Å². The smallest absolute Gasteiger partial charge is 0.267 e. The Balaban J connectivity index is 2.38. The fraction of sp³-hybridized carbons (Fsp3) is 0.0909. The Hall–Kier alpha value is -2.11. The van der Waals surface area contributed by atoms with Crippen molar-refractivity contribution in [2.24, 2.45) is 0 Å². The zero-order valence-corrected chi connectivity index (χ0v) is 8.48. The second kappa shape index (κ2) is 4.04. The largest absolute Gasteiger partial charge is 0.416 e. The van der Waals surface area contributed by atoms with E-state index < -0.39 is 17.6 Å². The van der Waals surface area contributed by atoms with Crippen molar-refractivity contribution < 1.29 is 18.0 Å². The standard InChI is InChI=1S/C11H7F3N2O/c12-11(13,14)9-4-1-3-8(7-9)10(17)16-6-2-5-15-16/h1-7H. The van der Waals surface area contributed by atoms with E-state index in [4.69, 9.17) is 0 Å². The van der Waals surface area contributed by atoms with Crippen molar-refractivity contribution in [1.29, 1.82) is 0 Å². The van der Waals surface area contributed by atoms with Crippen LogP contribution in [0.1, 0.15) is 15.9 Å². The monoisotopic (exact) mass is 240 g/mol. The third kappa shape index (κ3) is 2.35. The Morgan fingerprint density at radius 2 is 2.00 bits per heavy atom. The van der Waals surface area contributed by atoms with Gasteiger partial charge in [0.2, 0.25) is 0 Å². The molecule has 1 aromatic carbocycles. The molecule has 0 atom stereocenters. The van der Waals surface area contributed by atoms with E-state index in [1.165, 1.54) is 30.6 Å². The average molecular weight is 240 g/mol. The number of nitrogens with zero attached hydrogens (tertiary/aromatic N) is 2. The number of carbonyl (C=O) groups is 1. The predicted molar refractivity (Wildman–Crippen MR) is 53.4 cm³/mol. The molecule has 0 aliphatic heterocycles. The van der Waals surface area contributed by atoms with Crippen molar-refractivity contribution in [3.05, 3.63) is 53.9 Å². The van der Waals surface area contributed by atoms with Crippen LogP contribution in [0.2, 0.25) is 0 Å². The summed E-state index contributed by atoms with van der Waals surface area (Å²) in [7, 11) is 0. The van der Waals surface area contributed by atoms with E-state index in [0.717, 1.165) is 16.8 Å². The van der Waals surface area contributed by atoms with Crippen molar-refractivity contribution in [3.8, 4) is 0 Å². The maximum Gasteiger partial charge on any atom is 0.416 e. The molecule has 0 saturated carbocycles. The Morgan fingerprint density at radius 3 is 2.59 bits per heavy atom. The Labute approximate surface area is 94.5 Å². The maximum absolute atomic E-state index is 12.4. The van der Waals surface area contributed by atoms with Crippen molar-refractivity contribution in [3.63, 3.8) is 0 Å². The molecule has 2 aromatic rings. The Kier molecular flexibility index (Phi) is 2.71. The second-order valence-corrected chi connectivity index (χ2v) is 3.33. The van der Waals surface area contributed by atoms with Gasteiger partial charge in [-0.1, -0.05) is 6.07 Å². The summed E-state index contributed by atoms with van der Waals surface area (Å²) in [6.45, 7) is 0. The van der Waals surface area contributed by atoms with E-state index in [9.17, 15) is 18.0 Å². The van der Waals surface area contributed by atoms with Crippen molar-refractivity contribution in [1.82, 2.24) is 9.78 Å². The molecule has 0 radical (unpaired) electrons. The van der Waals surface area contributed by atoms with E-state index in [0.29, 0.717) is 0 Å². The summed E-state index contributed by atoms with van der Waals surface area (Å²) in [5, 5.41) is 3.67. The molecule has 0 unspecified atom stereocenters. The van der Waals surface area contributed by atoms with E-state index in [-0.39, 0.29) is 5.56 Å². The third-order valence-corrected chi connectivity index (χ3v) is 2.15. The maximum atomic E-state index is 12.4. The van der Waals surface area contributed by atoms with Crippen LogP contribution in [0.15, 0.2) is 42.7 Å². The van der Waals surface area contributed by atoms with Crippen LogP contribution in [0.4, 0.5) is 13.2 Å². The summed E-state index contributed by atoms with van der Waals surface area (Å²) >= 11 is 0. The number of hydrogen-bond acceptors (Lipinski definition) is 2. The quantitative estimate of drug-likeness (QED) is 0.767. The van der Waals surface area contributed by atoms with Crippen LogP contribution in [0, 0.1) is 0 Å². The third-order valence-electron chi connectivity index (χ3n) is 2.15. The highest BCUT2D eigenvalue weighted by Crippen LogP contribution is 2.29. The van der Waals surface area contributed by atoms with Gasteiger partial charge in [0.05, 0.1) is 5.56 Å². The first-order valence-corrected chi connectivity index (χ1v) is 4.70. The zero-order chi connectivity index (χ0) is 12.5. The van der Waals surface area contributed by atoms with Crippen LogP contribution in [-0.4, -0.2) is 15.7 Å². The first-order chi connectivity index (χ1) is 7.98. The van der Waals surface area contributed by atoms with E-state index in [2.05, 4.69) is 5.10 Å². The molecule has 0 aliphatic carbocycles. The van der Waals surface area contributed by atoms with Crippen LogP contribution < -0.4 is 0 Å². The normalized spacial score (nSPS) is 11.5. The number of aromatic nitrogens is 2. The summed E-state index contributed by atoms with van der Waals surface area (Å²) in [6.07, 6.45) is -1.70. The lowest BCUT2D eigenvalue weighted by Gasteiger charge is -2.07. The predicted octanol–water partition coefficient (Wildman–Crippen LogP) is 2.59. The van der Waals surface area contributed by atoms with E-state index in [1.807, 2.05) is 0 Å². The molecule has 2 rings (SSSR count). The number of halogens is 3. The van der Waals surface area contributed by atoms with Gasteiger partial charge in [-0.15, -0.1) is 0 Å². The fourth-order valence-electron chi connectivity index (χ4n) is 1.35. The Morgan fingerprint density at radius 1 is 1.24 bits per heavy atom. The van der Waals surface area contributed by atoms with Gasteiger partial charge >= 0.3 is 6.18 Å². The van der Waals surface area contributed by atoms with Gasteiger partial charge in [0.1, 0.15) is 0 Å². The molecule has 0 N–H and O–H groups in total. The fourth-order valence-corrected chi connectivity index (χ4v) is 1.35. The zero-order valence-electron chi connectivity index (χ0n) is 8.48. The lowest BCUT2D eigenvalue weighted by molar-refractivity contribution is -0.137. The molecule has 1 heterocycles. The average Bonchev–Trinajstić information content (AvgIpc) is 2.80. The highest BCUT2D eigenvalue weighted by molar-refractivity contribution is 5.95. The number of hydrogen-bond donors (Lipinski definition) is 0. The highest BCUT2D eigenvalue weighted by atomic mass is 19.4. The van der Waals surface area contributed by atoms with Gasteiger partial charge in [-0.05, 0) is 24.3 Å². The van der Waals surface area contributed by atoms with Crippen LogP contribution in [0.3, 0.4) is 0 Å². The minimum absolute atomic E-state index is 0.0523. The van der Waals surface area contributed by atoms with Crippen molar-refractivity contribution >= 4 is 5.91 Å². The lowest BCUT2D eigenvalue weighted by Crippen LogP contribution is -2.14. The Bertz CT molecular complexity index is 532. The number of alkyl halides is 3. The van der Waals surface area contributed by atoms with E-state index >= 15 is 0 Å². The number of rotatable bonds is 1. The van der Waals surface area contributed by atoms with E-state index in [1.54, 1.807) is 0 Å². The van der Waals surface area contributed by atoms with Gasteiger partial charge < -0.3 is 0 Å². The lowest BCUT2D eigenvalue weighted by atomic mass is 10.1. The number of carbonyl (C=O) groups excluding carboxylic acids is 1. The molecule has 0 saturated heterocycles. The minimum Gasteiger partial charge on any atom is -0.267 e. The second-order valence-electron chi connectivity index (χ2n) is 3.33. The van der Waals surface area contributed by atoms with Crippen LogP contribution in [-0.2, 0) is 6.18 Å². The topological polar surface area (TPSA) is 34.9 Å². The molecule has 1 aromatic heterocycles. The molecular weight excluding hydrogens is 233 g/mol. The molecule has 0 fully saturated rings. The summed E-state index contributed by atoms with van der Waals surface area (Å²) in [4.78, 5) is 11.7. The van der Waals surface area contributed by atoms with Crippen LogP contribution >= 0.6 is 0 Å². The summed E-state index contributed by atoms with van der Waals surface area (Å²) in [5.41, 5.74) is -0.904. The molecule has 17 heavy (non-hydrogen) atoms. The van der Waals surface area contributed by atoms with Gasteiger partial charge in [0, 0.05) is 18.0 Å². The SMILES string of the molecule is O=C(c1cccc(C(F)(F)F)c1)n1cccn1. The summed E-state index contributed by atoms with van der Waals surface area (Å²) in [5.74, 6) is -0.596. The first kappa shape index (κ1) is 11.4. The van der Waals surface area contributed by atoms with Gasteiger partial charge in [-0.3, -0.25) is 4.79 Å².